The van der Waals surface area contributed by atoms with E-state index in [0.717, 1.165) is 22.2 Å². The third-order valence-electron chi connectivity index (χ3n) is 9.74. The lowest BCUT2D eigenvalue weighted by atomic mass is 9.87. The molecular weight excluding hydrogens is 707 g/mol. The molecule has 0 saturated heterocycles. The number of halogens is 4. The van der Waals surface area contributed by atoms with Crippen LogP contribution in [0.3, 0.4) is 0 Å². The van der Waals surface area contributed by atoms with Crippen molar-refractivity contribution in [3.63, 3.8) is 0 Å². The van der Waals surface area contributed by atoms with Gasteiger partial charge in [0.15, 0.2) is 11.5 Å². The number of aliphatic hydroxyl groups is 1. The van der Waals surface area contributed by atoms with Gasteiger partial charge in [0, 0.05) is 29.3 Å². The number of hydrogen-bond acceptors (Lipinski definition) is 6. The van der Waals surface area contributed by atoms with Gasteiger partial charge in [-0.15, -0.1) is 20.4 Å². The lowest BCUT2D eigenvalue weighted by molar-refractivity contribution is -0.286. The van der Waals surface area contributed by atoms with E-state index in [-0.39, 0.29) is 42.4 Å². The molecule has 0 radical (unpaired) electrons. The van der Waals surface area contributed by atoms with Crippen molar-refractivity contribution in [2.45, 2.75) is 76.1 Å². The van der Waals surface area contributed by atoms with Crippen LogP contribution in [-0.2, 0) is 51.3 Å². The van der Waals surface area contributed by atoms with Gasteiger partial charge >= 0.3 is 6.29 Å². The number of hydrogen-bond donors (Lipinski definition) is 1. The second-order valence-corrected chi connectivity index (χ2v) is 14.2. The highest BCUT2D eigenvalue weighted by Crippen LogP contribution is 2.53. The van der Waals surface area contributed by atoms with Gasteiger partial charge in [0.05, 0.1) is 50.0 Å². The summed E-state index contributed by atoms with van der Waals surface area (Å²) in [6.45, 7) is 5.45. The van der Waals surface area contributed by atoms with Crippen LogP contribution in [0.5, 0.6) is 11.5 Å². The van der Waals surface area contributed by atoms with Crippen molar-refractivity contribution >= 4 is 28.3 Å². The second kappa shape index (κ2) is 15.9. The van der Waals surface area contributed by atoms with Crippen LogP contribution in [0.15, 0.2) is 97.1 Å². The summed E-state index contributed by atoms with van der Waals surface area (Å²) in [7, 11) is 0. The number of fused-ring (bicyclic) bond motifs is 2. The zero-order valence-electron chi connectivity index (χ0n) is 29.9. The minimum absolute atomic E-state index is 0.0770. The van der Waals surface area contributed by atoms with Gasteiger partial charge in [0.2, 0.25) is 0 Å². The van der Waals surface area contributed by atoms with Gasteiger partial charge in [0.25, 0.3) is 0 Å². The number of alkyl halides is 3. The second-order valence-electron chi connectivity index (χ2n) is 14.2. The summed E-state index contributed by atoms with van der Waals surface area (Å²) in [5.41, 5.74) is 2.79. The molecule has 0 bridgehead atoms. The number of carbonyl (C=O) groups excluding carboxylic acids is 1. The molecule has 1 fully saturated rings. The molecule has 0 amide bonds. The Morgan fingerprint density at radius 2 is 1.51 bits per heavy atom. The van der Waals surface area contributed by atoms with Crippen molar-refractivity contribution in [2.75, 3.05) is 19.6 Å². The molecule has 280 valence electrons. The molecule has 5 aromatic rings. The highest BCUT2D eigenvalue weighted by Gasteiger charge is 2.52. The first-order chi connectivity index (χ1) is 25.4. The fourth-order valence-corrected chi connectivity index (χ4v) is 6.89. The highest BCUT2D eigenvalue weighted by molar-refractivity contribution is 6.15. The predicted octanol–water partition coefficient (Wildman–Crippen LogP) is 8.87. The van der Waals surface area contributed by atoms with Crippen molar-refractivity contribution in [3.05, 3.63) is 131 Å². The van der Waals surface area contributed by atoms with Gasteiger partial charge in [-0.25, -0.2) is 4.39 Å². The van der Waals surface area contributed by atoms with E-state index in [4.69, 9.17) is 9.47 Å². The first kappa shape index (κ1) is 38.4. The van der Waals surface area contributed by atoms with Crippen LogP contribution in [0.4, 0.5) is 13.2 Å². The van der Waals surface area contributed by atoms with Crippen molar-refractivity contribution in [1.29, 1.82) is 0 Å². The first-order valence-electron chi connectivity index (χ1n) is 17.5. The fraction of sp³-hybridized carbons (Fsp3) is 0.357. The molecule has 1 aliphatic carbocycles. The third kappa shape index (κ3) is 8.73. The molecule has 1 atom stereocenters. The minimum atomic E-state index is -3.76. The summed E-state index contributed by atoms with van der Waals surface area (Å²) >= 11 is 4.64. The molecule has 1 aromatic heterocycles. The molecule has 2 heterocycles. The summed E-state index contributed by atoms with van der Waals surface area (Å²) in [4.78, 5) is 13.8. The summed E-state index contributed by atoms with van der Waals surface area (Å²) in [5.74, 6) is -0.964. The topological polar surface area (TPSA) is 79.2 Å². The van der Waals surface area contributed by atoms with Crippen LogP contribution < -0.4 is 9.47 Å². The number of aliphatic hydroxyl groups excluding tert-OH is 1. The molecule has 0 unspecified atom stereocenters. The molecule has 1 aliphatic heterocycles. The van der Waals surface area contributed by atoms with E-state index < -0.39 is 29.0 Å². The number of Topliss-reactive ketones (excluding diaryl/α,β-unsaturated/α-hetero) is 1. The van der Waals surface area contributed by atoms with Gasteiger partial charge in [-0.1, -0.05) is 80.6 Å². The van der Waals surface area contributed by atoms with Crippen LogP contribution >= 0.6 is 11.6 Å². The average Bonchev–Trinajstić information content (AvgIpc) is 3.80. The summed E-state index contributed by atoms with van der Waals surface area (Å²) in [6, 6.07) is 29.0. The van der Waals surface area contributed by atoms with Crippen LogP contribution in [0, 0.1) is 5.82 Å². The zero-order chi connectivity index (χ0) is 37.8. The Balaban J connectivity index is 0.00000236. The largest absolute Gasteiger partial charge is 0.586 e. The maximum atomic E-state index is 16.0. The molecule has 2 aliphatic rings. The number of benzene rings is 4. The maximum absolute atomic E-state index is 16.0. The summed E-state index contributed by atoms with van der Waals surface area (Å²) in [6.07, 6.45) is -2.30. The molecule has 4 aromatic carbocycles. The van der Waals surface area contributed by atoms with E-state index in [1.165, 1.54) is 24.6 Å². The molecule has 53 heavy (non-hydrogen) atoms. The summed E-state index contributed by atoms with van der Waals surface area (Å²) < 4.78 is 66.3. The van der Waals surface area contributed by atoms with Gasteiger partial charge in [0.1, 0.15) is 11.6 Å². The minimum Gasteiger partial charge on any atom is -0.395 e. The molecule has 11 heteroatoms. The van der Waals surface area contributed by atoms with Crippen LogP contribution in [0.2, 0.25) is 0 Å². The van der Waals surface area contributed by atoms with Gasteiger partial charge in [-0.05, 0) is 65.4 Å². The highest BCUT2D eigenvalue weighted by atomic mass is 35.5. The molecule has 7 rings (SSSR count). The summed E-state index contributed by atoms with van der Waals surface area (Å²) in [5, 5.41) is 11.9. The lowest BCUT2D eigenvalue weighted by Gasteiger charge is -2.28. The molecular formula is C42H43ClF3NO6. The van der Waals surface area contributed by atoms with E-state index in [1.807, 2.05) is 85.1 Å². The lowest BCUT2D eigenvalue weighted by Crippen LogP contribution is -2.30. The van der Waals surface area contributed by atoms with E-state index in [9.17, 15) is 18.7 Å². The smallest absolute Gasteiger partial charge is 0.395 e. The van der Waals surface area contributed by atoms with Crippen molar-refractivity contribution in [2.24, 2.45) is 0 Å². The fourth-order valence-electron chi connectivity index (χ4n) is 6.89. The van der Waals surface area contributed by atoms with Crippen molar-refractivity contribution in [1.82, 2.24) is 4.57 Å². The Hall–Kier alpha value is -4.35. The van der Waals surface area contributed by atoms with Crippen molar-refractivity contribution < 1.29 is 42.0 Å². The first-order valence-corrected chi connectivity index (χ1v) is 18.2. The Bertz CT molecular complexity index is 2030. The number of ether oxygens (including phenoxy) is 4. The Morgan fingerprint density at radius 3 is 2.15 bits per heavy atom. The normalized spacial score (nSPS) is 15.8. The number of aromatic nitrogens is 1. The molecule has 7 nitrogen and oxygen atoms in total. The van der Waals surface area contributed by atoms with Gasteiger partial charge in [-0.2, -0.15) is 0 Å². The Morgan fingerprint density at radius 1 is 0.887 bits per heavy atom. The number of rotatable bonds is 15. The molecule has 1 saturated carbocycles. The number of nitrogens with zero attached hydrogens (tertiary/aromatic N) is 1. The Labute approximate surface area is 312 Å². The monoisotopic (exact) mass is 749 g/mol. The van der Waals surface area contributed by atoms with E-state index in [1.54, 1.807) is 12.1 Å². The van der Waals surface area contributed by atoms with Crippen LogP contribution in [-0.4, -0.2) is 47.5 Å². The van der Waals surface area contributed by atoms with Crippen LogP contribution in [0.1, 0.15) is 54.6 Å². The zero-order valence-corrected chi connectivity index (χ0v) is 30.7. The number of carbonyl (C=O) groups is 1. The standard InChI is InChI=1S/C41H40F3NO6.CH3Cl/c1-39(2,26-49-24-28-11-7-4-8-12-28)37-18-30-17-29(19-38(47)40(15-16-40)31-13-14-35-36(20-31)51-41(43,44)50-35)33(42)21-34(30)45(37)22-32(46)25-48-23-27-9-5-3-6-10-27;1-2/h3-14,17-18,20-21,32,46H,15-16,19,22-26H2,1-2H3;1H3/t32-;/m1./s1. The van der Waals surface area contributed by atoms with Gasteiger partial charge < -0.3 is 28.6 Å². The molecule has 1 N–H and O–H groups in total. The van der Waals surface area contributed by atoms with Crippen molar-refractivity contribution in [3.8, 4) is 11.5 Å². The third-order valence-corrected chi connectivity index (χ3v) is 9.74. The van der Waals surface area contributed by atoms with E-state index in [2.05, 4.69) is 21.1 Å². The van der Waals surface area contributed by atoms with Gasteiger partial charge in [-0.3, -0.25) is 4.79 Å². The average molecular weight is 750 g/mol. The SMILES string of the molecule is CC(C)(COCc1ccccc1)c1cc2cc(CC(=O)C3(c4ccc5c(c4)OC(F)(F)O5)CC3)c(F)cc2n1C[C@@H](O)COCc1ccccc1.CCl. The quantitative estimate of drug-likeness (QED) is 0.108. The van der Waals surface area contributed by atoms with Crippen LogP contribution in [0.25, 0.3) is 10.9 Å². The maximum Gasteiger partial charge on any atom is 0.586 e. The molecule has 0 spiro atoms. The Kier molecular flexibility index (Phi) is 11.5. The predicted molar refractivity (Wildman–Crippen MR) is 197 cm³/mol. The number of ketones is 1. The van der Waals surface area contributed by atoms with E-state index >= 15 is 4.39 Å². The van der Waals surface area contributed by atoms with E-state index in [0.29, 0.717) is 43.7 Å².